The third-order valence-electron chi connectivity index (χ3n) is 3.89. The number of rotatable bonds is 3. The predicted octanol–water partition coefficient (Wildman–Crippen LogP) is 3.11. The fourth-order valence-electron chi connectivity index (χ4n) is 2.65. The Kier molecular flexibility index (Phi) is 4.84. The van der Waals surface area contributed by atoms with Gasteiger partial charge in [-0.15, -0.1) is 0 Å². The van der Waals surface area contributed by atoms with E-state index < -0.39 is 6.10 Å². The predicted molar refractivity (Wildman–Crippen MR) is 79.8 cm³/mol. The summed E-state index contributed by atoms with van der Waals surface area (Å²) >= 11 is 0. The average molecular weight is 276 g/mol. The van der Waals surface area contributed by atoms with Crippen LogP contribution in [0.25, 0.3) is 0 Å². The summed E-state index contributed by atoms with van der Waals surface area (Å²) in [6, 6.07) is 3.75. The summed E-state index contributed by atoms with van der Waals surface area (Å²) < 4.78 is 5.73. The number of benzene rings is 1. The molecule has 0 spiro atoms. The molecular weight excluding hydrogens is 252 g/mol. The number of ether oxygens (including phenoxy) is 1. The van der Waals surface area contributed by atoms with E-state index in [0.29, 0.717) is 12.4 Å². The molecule has 0 radical (unpaired) electrons. The molecule has 3 heteroatoms. The number of phenolic OH excluding ortho intramolecular Hbond substituents is 1. The number of aliphatic hydroxyl groups is 1. The maximum atomic E-state index is 10.1. The second-order valence-corrected chi connectivity index (χ2v) is 5.82. The highest BCUT2D eigenvalue weighted by atomic mass is 16.5. The van der Waals surface area contributed by atoms with Gasteiger partial charge in [-0.05, 0) is 57.2 Å². The fourth-order valence-corrected chi connectivity index (χ4v) is 2.65. The van der Waals surface area contributed by atoms with Gasteiger partial charge in [-0.1, -0.05) is 17.7 Å². The molecule has 3 nitrogen and oxygen atoms in total. The minimum Gasteiger partial charge on any atom is -0.508 e. The topological polar surface area (TPSA) is 49.7 Å². The minimum absolute atomic E-state index is 0.155. The number of hydrogen-bond acceptors (Lipinski definition) is 3. The lowest BCUT2D eigenvalue weighted by atomic mass is 9.93. The van der Waals surface area contributed by atoms with Crippen LogP contribution in [-0.2, 0) is 24.2 Å². The van der Waals surface area contributed by atoms with Gasteiger partial charge in [0.2, 0.25) is 0 Å². The van der Waals surface area contributed by atoms with Crippen LogP contribution < -0.4 is 0 Å². The van der Waals surface area contributed by atoms with Gasteiger partial charge in [0.25, 0.3) is 0 Å². The SMILES string of the molecule is CC(C)=CCc1ccc(O)c2c1CC[C@@H]([C@@H](C)O)OC2. The Morgan fingerprint density at radius 3 is 2.80 bits per heavy atom. The first-order valence-corrected chi connectivity index (χ1v) is 7.24. The van der Waals surface area contributed by atoms with Gasteiger partial charge >= 0.3 is 0 Å². The molecule has 2 rings (SSSR count). The summed E-state index contributed by atoms with van der Waals surface area (Å²) in [4.78, 5) is 0. The van der Waals surface area contributed by atoms with E-state index in [9.17, 15) is 10.2 Å². The van der Waals surface area contributed by atoms with Gasteiger partial charge in [0, 0.05) is 5.56 Å². The van der Waals surface area contributed by atoms with Crippen LogP contribution in [0.3, 0.4) is 0 Å². The Balaban J connectivity index is 2.30. The molecule has 1 aromatic carbocycles. The zero-order valence-corrected chi connectivity index (χ0v) is 12.5. The smallest absolute Gasteiger partial charge is 0.121 e. The molecule has 0 bridgehead atoms. The summed E-state index contributed by atoms with van der Waals surface area (Å²) in [7, 11) is 0. The van der Waals surface area contributed by atoms with Crippen molar-refractivity contribution in [3.8, 4) is 5.75 Å². The van der Waals surface area contributed by atoms with Gasteiger partial charge in [-0.3, -0.25) is 0 Å². The summed E-state index contributed by atoms with van der Waals surface area (Å²) in [6.45, 7) is 6.31. The zero-order chi connectivity index (χ0) is 14.7. The molecule has 0 fully saturated rings. The molecule has 0 aliphatic carbocycles. The summed E-state index contributed by atoms with van der Waals surface area (Å²) in [5, 5.41) is 19.7. The van der Waals surface area contributed by atoms with Crippen molar-refractivity contribution in [3.05, 3.63) is 40.5 Å². The van der Waals surface area contributed by atoms with Gasteiger partial charge in [0.05, 0.1) is 18.8 Å². The van der Waals surface area contributed by atoms with E-state index in [0.717, 1.165) is 24.8 Å². The van der Waals surface area contributed by atoms with Crippen LogP contribution >= 0.6 is 0 Å². The maximum absolute atomic E-state index is 10.1. The largest absolute Gasteiger partial charge is 0.508 e. The molecule has 110 valence electrons. The highest BCUT2D eigenvalue weighted by Gasteiger charge is 2.23. The molecule has 0 aromatic heterocycles. The molecule has 1 aliphatic rings. The summed E-state index contributed by atoms with van der Waals surface area (Å²) in [6.07, 6.45) is 4.07. The first-order valence-electron chi connectivity index (χ1n) is 7.24. The number of fused-ring (bicyclic) bond motifs is 1. The first kappa shape index (κ1) is 15.1. The van der Waals surface area contributed by atoms with E-state index >= 15 is 0 Å². The Hall–Kier alpha value is -1.32. The zero-order valence-electron chi connectivity index (χ0n) is 12.5. The minimum atomic E-state index is -0.479. The van der Waals surface area contributed by atoms with Crippen LogP contribution in [0.1, 0.15) is 43.9 Å². The van der Waals surface area contributed by atoms with Crippen molar-refractivity contribution in [2.45, 2.75) is 58.8 Å². The number of aromatic hydroxyl groups is 1. The maximum Gasteiger partial charge on any atom is 0.121 e. The second-order valence-electron chi connectivity index (χ2n) is 5.82. The van der Waals surface area contributed by atoms with Crippen molar-refractivity contribution in [1.29, 1.82) is 0 Å². The van der Waals surface area contributed by atoms with Gasteiger partial charge < -0.3 is 14.9 Å². The number of aliphatic hydroxyl groups excluding tert-OH is 1. The van der Waals surface area contributed by atoms with E-state index in [1.165, 1.54) is 16.7 Å². The fraction of sp³-hybridized carbons (Fsp3) is 0.529. The molecule has 2 atom stereocenters. The molecule has 1 heterocycles. The lowest BCUT2D eigenvalue weighted by Crippen LogP contribution is -2.25. The monoisotopic (exact) mass is 276 g/mol. The van der Waals surface area contributed by atoms with E-state index in [1.54, 1.807) is 13.0 Å². The molecule has 1 aromatic rings. The van der Waals surface area contributed by atoms with Gasteiger partial charge in [-0.25, -0.2) is 0 Å². The van der Waals surface area contributed by atoms with Crippen molar-refractivity contribution >= 4 is 0 Å². The Morgan fingerprint density at radius 2 is 2.15 bits per heavy atom. The lowest BCUT2D eigenvalue weighted by molar-refractivity contribution is -0.0384. The third kappa shape index (κ3) is 3.41. The average Bonchev–Trinajstić information content (AvgIpc) is 2.61. The van der Waals surface area contributed by atoms with E-state index in [2.05, 4.69) is 19.9 Å². The van der Waals surface area contributed by atoms with Crippen LogP contribution in [0.2, 0.25) is 0 Å². The van der Waals surface area contributed by atoms with Gasteiger partial charge in [-0.2, -0.15) is 0 Å². The van der Waals surface area contributed by atoms with E-state index in [1.807, 2.05) is 6.07 Å². The molecule has 2 N–H and O–H groups in total. The summed E-state index contributed by atoms with van der Waals surface area (Å²) in [5.41, 5.74) is 4.60. The van der Waals surface area contributed by atoms with Crippen molar-refractivity contribution in [2.24, 2.45) is 0 Å². The highest BCUT2D eigenvalue weighted by Crippen LogP contribution is 2.31. The molecule has 1 aliphatic heterocycles. The molecule has 20 heavy (non-hydrogen) atoms. The third-order valence-corrected chi connectivity index (χ3v) is 3.89. The van der Waals surface area contributed by atoms with Crippen LogP contribution in [0.5, 0.6) is 5.75 Å². The highest BCUT2D eigenvalue weighted by molar-refractivity contribution is 5.45. The molecule has 0 saturated heterocycles. The van der Waals surface area contributed by atoms with Crippen LogP contribution in [0.4, 0.5) is 0 Å². The van der Waals surface area contributed by atoms with Crippen LogP contribution in [0.15, 0.2) is 23.8 Å². The molecular formula is C17H24O3. The molecule has 0 amide bonds. The van der Waals surface area contributed by atoms with Gasteiger partial charge in [0.1, 0.15) is 5.75 Å². The molecule has 0 unspecified atom stereocenters. The van der Waals surface area contributed by atoms with E-state index in [-0.39, 0.29) is 6.10 Å². The van der Waals surface area contributed by atoms with Crippen LogP contribution in [-0.4, -0.2) is 22.4 Å². The number of hydrogen-bond donors (Lipinski definition) is 2. The standard InChI is InChI=1S/C17H24O3/c1-11(2)4-5-13-6-8-16(19)15-10-20-17(12(3)18)9-7-14(13)15/h4,6,8,12,17-19H,5,7,9-10H2,1-3H3/t12-,17+/m1/s1. The van der Waals surface area contributed by atoms with E-state index in [4.69, 9.17) is 4.74 Å². The Bertz CT molecular complexity index is 499. The second kappa shape index (κ2) is 6.42. The number of phenols is 1. The summed E-state index contributed by atoms with van der Waals surface area (Å²) in [5.74, 6) is 0.298. The normalized spacial score (nSPS) is 19.9. The Labute approximate surface area is 120 Å². The van der Waals surface area contributed by atoms with Crippen molar-refractivity contribution in [3.63, 3.8) is 0 Å². The van der Waals surface area contributed by atoms with Crippen molar-refractivity contribution in [1.82, 2.24) is 0 Å². The first-order chi connectivity index (χ1) is 9.49. The van der Waals surface area contributed by atoms with Crippen molar-refractivity contribution in [2.75, 3.05) is 0 Å². The number of allylic oxidation sites excluding steroid dienone is 2. The lowest BCUT2D eigenvalue weighted by Gasteiger charge is -2.17. The molecule has 0 saturated carbocycles. The van der Waals surface area contributed by atoms with Gasteiger partial charge in [0.15, 0.2) is 0 Å². The Morgan fingerprint density at radius 1 is 1.40 bits per heavy atom. The van der Waals surface area contributed by atoms with Crippen molar-refractivity contribution < 1.29 is 14.9 Å². The quantitative estimate of drug-likeness (QED) is 0.834. The van der Waals surface area contributed by atoms with Crippen LogP contribution in [0, 0.1) is 0 Å².